The minimum Gasteiger partial charge on any atom is -0.396 e. The number of rotatable bonds is 5. The van der Waals surface area contributed by atoms with E-state index in [4.69, 9.17) is 5.11 Å². The van der Waals surface area contributed by atoms with Gasteiger partial charge in [0.05, 0.1) is 17.3 Å². The Morgan fingerprint density at radius 3 is 2.81 bits per heavy atom. The van der Waals surface area contributed by atoms with Crippen LogP contribution in [0.4, 0.5) is 0 Å². The number of nitrogens with zero attached hydrogens (tertiary/aromatic N) is 4. The average Bonchev–Trinajstić information content (AvgIpc) is 2.98. The van der Waals surface area contributed by atoms with Gasteiger partial charge in [0, 0.05) is 12.4 Å². The van der Waals surface area contributed by atoms with E-state index in [1.807, 2.05) is 41.9 Å². The van der Waals surface area contributed by atoms with E-state index in [1.54, 1.807) is 24.3 Å². The molecule has 3 aromatic rings. The van der Waals surface area contributed by atoms with Crippen molar-refractivity contribution in [1.82, 2.24) is 19.7 Å². The van der Waals surface area contributed by atoms with Crippen molar-refractivity contribution in [1.29, 1.82) is 0 Å². The molecule has 0 fully saturated rings. The van der Waals surface area contributed by atoms with Crippen molar-refractivity contribution in [3.63, 3.8) is 0 Å². The summed E-state index contributed by atoms with van der Waals surface area (Å²) in [5, 5.41) is 15.4. The van der Waals surface area contributed by atoms with Gasteiger partial charge in [0.25, 0.3) is 0 Å². The van der Waals surface area contributed by atoms with Crippen LogP contribution < -0.4 is 0 Å². The minimum atomic E-state index is 0.185. The van der Waals surface area contributed by atoms with E-state index >= 15 is 0 Å². The highest BCUT2D eigenvalue weighted by molar-refractivity contribution is 7.99. The van der Waals surface area contributed by atoms with Crippen molar-refractivity contribution in [2.45, 2.75) is 11.9 Å². The summed E-state index contributed by atoms with van der Waals surface area (Å²) >= 11 is 1.63. The Balaban J connectivity index is 1.97. The van der Waals surface area contributed by atoms with Crippen LogP contribution >= 0.6 is 11.8 Å². The molecule has 1 aromatic carbocycles. The minimum absolute atomic E-state index is 0.185. The Bertz CT molecular complexity index is 729. The molecule has 1 N–H and O–H groups in total. The lowest BCUT2D eigenvalue weighted by Gasteiger charge is -2.07. The summed E-state index contributed by atoms with van der Waals surface area (Å²) in [5.41, 5.74) is 1.78. The van der Waals surface area contributed by atoms with Gasteiger partial charge in [0.2, 0.25) is 0 Å². The van der Waals surface area contributed by atoms with Crippen LogP contribution in [0.3, 0.4) is 0 Å². The van der Waals surface area contributed by atoms with Crippen LogP contribution in [0, 0.1) is 5.92 Å². The molecule has 0 radical (unpaired) electrons. The monoisotopic (exact) mass is 300 g/mol. The summed E-state index contributed by atoms with van der Waals surface area (Å²) < 4.78 is 1.82. The Morgan fingerprint density at radius 1 is 1.24 bits per heavy atom. The smallest absolute Gasteiger partial charge is 0.167 e. The first-order valence-corrected chi connectivity index (χ1v) is 7.76. The lowest BCUT2D eigenvalue weighted by Crippen LogP contribution is -2.03. The molecular formula is C15H16N4OS. The molecule has 0 aliphatic carbocycles. The van der Waals surface area contributed by atoms with Crippen LogP contribution in [0.2, 0.25) is 0 Å². The zero-order chi connectivity index (χ0) is 14.7. The van der Waals surface area contributed by atoms with Gasteiger partial charge in [-0.3, -0.25) is 0 Å². The van der Waals surface area contributed by atoms with Gasteiger partial charge >= 0.3 is 0 Å². The maximum Gasteiger partial charge on any atom is 0.167 e. The summed E-state index contributed by atoms with van der Waals surface area (Å²) in [7, 11) is 0. The summed E-state index contributed by atoms with van der Waals surface area (Å²) in [6.07, 6.45) is 3.36. The Kier molecular flexibility index (Phi) is 4.17. The van der Waals surface area contributed by atoms with Crippen molar-refractivity contribution >= 4 is 22.8 Å². The first kappa shape index (κ1) is 14.0. The van der Waals surface area contributed by atoms with Crippen molar-refractivity contribution < 1.29 is 5.11 Å². The molecule has 0 aliphatic rings. The zero-order valence-corrected chi connectivity index (χ0v) is 12.5. The number of aliphatic hydroxyl groups excluding tert-OH is 1. The molecule has 2 aromatic heterocycles. The molecule has 0 aliphatic heterocycles. The third-order valence-corrected chi connectivity index (χ3v) is 4.48. The maximum absolute atomic E-state index is 9.12. The van der Waals surface area contributed by atoms with Gasteiger partial charge in [-0.15, -0.1) is 11.8 Å². The van der Waals surface area contributed by atoms with Crippen molar-refractivity contribution in [3.05, 3.63) is 42.9 Å². The van der Waals surface area contributed by atoms with E-state index in [0.29, 0.717) is 0 Å². The highest BCUT2D eigenvalue weighted by Gasteiger charge is 2.12. The maximum atomic E-state index is 9.12. The predicted octanol–water partition coefficient (Wildman–Crippen LogP) is 2.54. The molecule has 2 heterocycles. The van der Waals surface area contributed by atoms with Gasteiger partial charge in [0.15, 0.2) is 5.65 Å². The van der Waals surface area contributed by atoms with Gasteiger partial charge < -0.3 is 5.11 Å². The van der Waals surface area contributed by atoms with Crippen LogP contribution in [0.25, 0.3) is 16.7 Å². The fourth-order valence-corrected chi connectivity index (χ4v) is 2.94. The van der Waals surface area contributed by atoms with Crippen molar-refractivity contribution in [3.8, 4) is 5.69 Å². The topological polar surface area (TPSA) is 63.8 Å². The van der Waals surface area contributed by atoms with Gasteiger partial charge in [-0.1, -0.05) is 25.1 Å². The fourth-order valence-electron chi connectivity index (χ4n) is 1.97. The van der Waals surface area contributed by atoms with Crippen LogP contribution in [0.15, 0.2) is 47.9 Å². The molecule has 0 bridgehead atoms. The van der Waals surface area contributed by atoms with Crippen LogP contribution in [0.1, 0.15) is 6.92 Å². The lowest BCUT2D eigenvalue weighted by molar-refractivity contribution is 0.250. The Labute approximate surface area is 127 Å². The summed E-state index contributed by atoms with van der Waals surface area (Å²) in [6.45, 7) is 2.20. The molecule has 0 spiro atoms. The largest absolute Gasteiger partial charge is 0.396 e. The number of aliphatic hydroxyl groups is 1. The summed E-state index contributed by atoms with van der Waals surface area (Å²) in [6, 6.07) is 9.91. The molecule has 1 atom stereocenters. The number of para-hydroxylation sites is 1. The van der Waals surface area contributed by atoms with Crippen LogP contribution in [-0.2, 0) is 0 Å². The number of thioether (sulfide) groups is 1. The van der Waals surface area contributed by atoms with E-state index in [9.17, 15) is 0 Å². The third-order valence-electron chi connectivity index (χ3n) is 3.15. The SMILES string of the molecule is CC(CO)CSc1ncnc2c1cnn2-c1ccccc1. The summed E-state index contributed by atoms with van der Waals surface area (Å²) in [4.78, 5) is 8.69. The Hall–Kier alpha value is -1.92. The van der Waals surface area contributed by atoms with Gasteiger partial charge in [-0.25, -0.2) is 14.6 Å². The number of benzene rings is 1. The second-order valence-electron chi connectivity index (χ2n) is 4.91. The third kappa shape index (κ3) is 2.91. The molecule has 0 saturated heterocycles. The van der Waals surface area contributed by atoms with Gasteiger partial charge in [-0.2, -0.15) is 5.10 Å². The van der Waals surface area contributed by atoms with Crippen LogP contribution in [0.5, 0.6) is 0 Å². The molecule has 0 saturated carbocycles. The van der Waals surface area contributed by atoms with E-state index in [-0.39, 0.29) is 12.5 Å². The number of hydrogen-bond acceptors (Lipinski definition) is 5. The molecule has 3 rings (SSSR count). The molecule has 108 valence electrons. The van der Waals surface area contributed by atoms with E-state index in [0.717, 1.165) is 27.5 Å². The average molecular weight is 300 g/mol. The van der Waals surface area contributed by atoms with Crippen molar-refractivity contribution in [2.24, 2.45) is 5.92 Å². The van der Waals surface area contributed by atoms with E-state index in [1.165, 1.54) is 0 Å². The predicted molar refractivity (Wildman–Crippen MR) is 83.6 cm³/mol. The number of fused-ring (bicyclic) bond motifs is 1. The standard InChI is InChI=1S/C15H16N4OS/c1-11(8-20)9-21-15-13-7-18-19(14(13)16-10-17-15)12-5-3-2-4-6-12/h2-7,10-11,20H,8-9H2,1H3. The van der Waals surface area contributed by atoms with Gasteiger partial charge in [-0.05, 0) is 18.1 Å². The van der Waals surface area contributed by atoms with E-state index in [2.05, 4.69) is 15.1 Å². The highest BCUT2D eigenvalue weighted by atomic mass is 32.2. The quantitative estimate of drug-likeness (QED) is 0.579. The van der Waals surface area contributed by atoms with Crippen molar-refractivity contribution in [2.75, 3.05) is 12.4 Å². The number of aromatic nitrogens is 4. The second-order valence-corrected chi connectivity index (χ2v) is 5.92. The highest BCUT2D eigenvalue weighted by Crippen LogP contribution is 2.26. The lowest BCUT2D eigenvalue weighted by atomic mass is 10.2. The van der Waals surface area contributed by atoms with E-state index < -0.39 is 0 Å². The molecule has 5 nitrogen and oxygen atoms in total. The van der Waals surface area contributed by atoms with Crippen LogP contribution in [-0.4, -0.2) is 37.2 Å². The molecule has 1 unspecified atom stereocenters. The normalized spacial score (nSPS) is 12.7. The molecule has 0 amide bonds. The fraction of sp³-hybridized carbons (Fsp3) is 0.267. The number of hydrogen-bond donors (Lipinski definition) is 1. The molecular weight excluding hydrogens is 284 g/mol. The zero-order valence-electron chi connectivity index (χ0n) is 11.7. The summed E-state index contributed by atoms with van der Waals surface area (Å²) in [5.74, 6) is 1.06. The first-order chi connectivity index (χ1) is 10.3. The second kappa shape index (κ2) is 6.24. The molecule has 6 heteroatoms. The Morgan fingerprint density at radius 2 is 2.05 bits per heavy atom. The molecule has 21 heavy (non-hydrogen) atoms. The first-order valence-electron chi connectivity index (χ1n) is 6.77. The van der Waals surface area contributed by atoms with Gasteiger partial charge in [0.1, 0.15) is 11.4 Å².